The van der Waals surface area contributed by atoms with E-state index >= 15 is 0 Å². The molecule has 2 aromatic heterocycles. The fourth-order valence-electron chi connectivity index (χ4n) is 2.81. The van der Waals surface area contributed by atoms with E-state index in [-0.39, 0.29) is 13.2 Å². The number of hydrogen-bond acceptors (Lipinski definition) is 9. The molecule has 0 radical (unpaired) electrons. The first kappa shape index (κ1) is 18.3. The van der Waals surface area contributed by atoms with Gasteiger partial charge in [0.05, 0.1) is 12.7 Å². The fourth-order valence-corrected chi connectivity index (χ4v) is 2.81. The summed E-state index contributed by atoms with van der Waals surface area (Å²) in [5.41, 5.74) is 1.02. The maximum Gasteiger partial charge on any atom is 0.229 e. The summed E-state index contributed by atoms with van der Waals surface area (Å²) in [7, 11) is 0. The normalized spacial score (nSPS) is 15.6. The van der Waals surface area contributed by atoms with Gasteiger partial charge in [-0.25, -0.2) is 0 Å². The molecule has 0 aliphatic heterocycles. The fraction of sp³-hybridized carbons (Fsp3) is 0.529. The topological polar surface area (TPSA) is 128 Å². The van der Waals surface area contributed by atoms with Crippen molar-refractivity contribution in [3.8, 4) is 0 Å². The lowest BCUT2D eigenvalue weighted by Gasteiger charge is -2.15. The quantitative estimate of drug-likeness (QED) is 0.445. The number of hydrogen-bond donors (Lipinski definition) is 5. The molecule has 0 bridgehead atoms. The summed E-state index contributed by atoms with van der Waals surface area (Å²) < 4.78 is 0. The summed E-state index contributed by atoms with van der Waals surface area (Å²) in [6.45, 7) is 0.377. The van der Waals surface area contributed by atoms with Crippen molar-refractivity contribution in [3.63, 3.8) is 0 Å². The van der Waals surface area contributed by atoms with Crippen LogP contribution in [0.15, 0.2) is 24.5 Å². The van der Waals surface area contributed by atoms with Gasteiger partial charge in [0.25, 0.3) is 0 Å². The molecule has 140 valence electrons. The molecule has 2 heterocycles. The molecule has 1 fully saturated rings. The highest BCUT2D eigenvalue weighted by Crippen LogP contribution is 2.21. The molecule has 1 saturated carbocycles. The number of nitrogens with one attached hydrogen (secondary N) is 3. The third kappa shape index (κ3) is 5.50. The molecule has 1 atom stereocenters. The molecule has 1 aliphatic carbocycles. The molecule has 26 heavy (non-hydrogen) atoms. The largest absolute Gasteiger partial charge is 0.394 e. The zero-order chi connectivity index (χ0) is 18.2. The van der Waals surface area contributed by atoms with E-state index in [0.29, 0.717) is 30.4 Å². The number of aliphatic hydroxyl groups is 2. The lowest BCUT2D eigenvalue weighted by molar-refractivity contribution is 0.105. The Morgan fingerprint density at radius 2 is 1.81 bits per heavy atom. The van der Waals surface area contributed by atoms with Crippen molar-refractivity contribution >= 4 is 17.8 Å². The van der Waals surface area contributed by atoms with Gasteiger partial charge in [0, 0.05) is 31.5 Å². The zero-order valence-electron chi connectivity index (χ0n) is 14.6. The van der Waals surface area contributed by atoms with Gasteiger partial charge < -0.3 is 26.2 Å². The van der Waals surface area contributed by atoms with Crippen molar-refractivity contribution in [2.24, 2.45) is 0 Å². The maximum atomic E-state index is 9.52. The minimum absolute atomic E-state index is 0.158. The molecule has 3 rings (SSSR count). The Bertz CT molecular complexity index is 680. The SMILES string of the molecule is OCC(O)CNc1nc(NCc2cccnc2)nc(NC2CCCC2)n1. The lowest BCUT2D eigenvalue weighted by Crippen LogP contribution is -2.25. The van der Waals surface area contributed by atoms with Crippen molar-refractivity contribution in [2.75, 3.05) is 29.1 Å². The number of nitrogens with zero attached hydrogens (tertiary/aromatic N) is 4. The molecule has 0 saturated heterocycles. The van der Waals surface area contributed by atoms with Crippen LogP contribution in [-0.4, -0.2) is 55.4 Å². The van der Waals surface area contributed by atoms with E-state index in [0.717, 1.165) is 18.4 Å². The second-order valence-electron chi connectivity index (χ2n) is 6.36. The molecule has 0 amide bonds. The summed E-state index contributed by atoms with van der Waals surface area (Å²) >= 11 is 0. The Hall–Kier alpha value is -2.52. The standard InChI is InChI=1S/C17H25N7O2/c25-11-14(26)10-20-16-22-15(19-9-12-4-3-7-18-8-12)23-17(24-16)21-13-5-1-2-6-13/h3-4,7-8,13-14,25-26H,1-2,5-6,9-11H2,(H3,19,20,21,22,23,24). The van der Waals surface area contributed by atoms with Gasteiger partial charge in [-0.05, 0) is 24.5 Å². The van der Waals surface area contributed by atoms with Crippen LogP contribution in [0, 0.1) is 0 Å². The van der Waals surface area contributed by atoms with Crippen LogP contribution in [0.1, 0.15) is 31.2 Å². The van der Waals surface area contributed by atoms with E-state index in [1.807, 2.05) is 12.1 Å². The molecule has 0 spiro atoms. The van der Waals surface area contributed by atoms with Gasteiger partial charge in [0.2, 0.25) is 17.8 Å². The van der Waals surface area contributed by atoms with Crippen LogP contribution in [0.4, 0.5) is 17.8 Å². The minimum Gasteiger partial charge on any atom is -0.394 e. The Labute approximate surface area is 152 Å². The van der Waals surface area contributed by atoms with Gasteiger partial charge in [-0.15, -0.1) is 0 Å². The molecular formula is C17H25N7O2. The number of rotatable bonds is 9. The van der Waals surface area contributed by atoms with E-state index in [2.05, 4.69) is 35.9 Å². The first-order valence-corrected chi connectivity index (χ1v) is 8.91. The molecule has 1 unspecified atom stereocenters. The highest BCUT2D eigenvalue weighted by molar-refractivity contribution is 5.43. The molecular weight excluding hydrogens is 334 g/mol. The van der Waals surface area contributed by atoms with Crippen molar-refractivity contribution in [3.05, 3.63) is 30.1 Å². The summed E-state index contributed by atoms with van der Waals surface area (Å²) in [6.07, 6.45) is 7.27. The first-order valence-electron chi connectivity index (χ1n) is 8.91. The highest BCUT2D eigenvalue weighted by Gasteiger charge is 2.17. The van der Waals surface area contributed by atoms with Crippen LogP contribution in [0.3, 0.4) is 0 Å². The molecule has 9 heteroatoms. The number of aliphatic hydroxyl groups excluding tert-OH is 2. The van der Waals surface area contributed by atoms with Crippen LogP contribution in [0.2, 0.25) is 0 Å². The van der Waals surface area contributed by atoms with E-state index in [1.165, 1.54) is 12.8 Å². The lowest BCUT2D eigenvalue weighted by atomic mass is 10.2. The van der Waals surface area contributed by atoms with Gasteiger partial charge >= 0.3 is 0 Å². The van der Waals surface area contributed by atoms with Gasteiger partial charge in [-0.2, -0.15) is 15.0 Å². The smallest absolute Gasteiger partial charge is 0.229 e. The van der Waals surface area contributed by atoms with Gasteiger partial charge in [0.1, 0.15) is 0 Å². The maximum absolute atomic E-state index is 9.52. The Balaban J connectivity index is 1.70. The van der Waals surface area contributed by atoms with Crippen molar-refractivity contribution in [2.45, 2.75) is 44.4 Å². The highest BCUT2D eigenvalue weighted by atomic mass is 16.3. The van der Waals surface area contributed by atoms with Crippen molar-refractivity contribution in [1.29, 1.82) is 0 Å². The summed E-state index contributed by atoms with van der Waals surface area (Å²) in [5, 5.41) is 27.9. The number of aromatic nitrogens is 4. The van der Waals surface area contributed by atoms with Crippen LogP contribution in [0.5, 0.6) is 0 Å². The van der Waals surface area contributed by atoms with Gasteiger partial charge in [-0.3, -0.25) is 4.98 Å². The van der Waals surface area contributed by atoms with Crippen LogP contribution in [0.25, 0.3) is 0 Å². The molecule has 9 nitrogen and oxygen atoms in total. The minimum atomic E-state index is -0.871. The van der Waals surface area contributed by atoms with Gasteiger partial charge in [0.15, 0.2) is 0 Å². The Kier molecular flexibility index (Phi) is 6.50. The zero-order valence-corrected chi connectivity index (χ0v) is 14.6. The summed E-state index contributed by atoms with van der Waals surface area (Å²) in [5.74, 6) is 1.29. The Morgan fingerprint density at radius 3 is 2.50 bits per heavy atom. The van der Waals surface area contributed by atoms with Crippen LogP contribution in [-0.2, 0) is 6.54 Å². The molecule has 5 N–H and O–H groups in total. The average Bonchev–Trinajstić information content (AvgIpc) is 3.18. The third-order valence-electron chi connectivity index (χ3n) is 4.20. The predicted octanol–water partition coefficient (Wildman–Crippen LogP) is 0.998. The molecule has 0 aromatic carbocycles. The monoisotopic (exact) mass is 359 g/mol. The second-order valence-corrected chi connectivity index (χ2v) is 6.36. The third-order valence-corrected chi connectivity index (χ3v) is 4.20. The van der Waals surface area contributed by atoms with E-state index in [4.69, 9.17) is 5.11 Å². The first-order chi connectivity index (χ1) is 12.7. The van der Waals surface area contributed by atoms with Crippen molar-refractivity contribution < 1.29 is 10.2 Å². The number of pyridine rings is 1. The average molecular weight is 359 g/mol. The summed E-state index contributed by atoms with van der Waals surface area (Å²) in [4.78, 5) is 17.2. The van der Waals surface area contributed by atoms with Gasteiger partial charge in [-0.1, -0.05) is 18.9 Å². The van der Waals surface area contributed by atoms with Crippen LogP contribution < -0.4 is 16.0 Å². The Morgan fingerprint density at radius 1 is 1.08 bits per heavy atom. The second kappa shape index (κ2) is 9.25. The van der Waals surface area contributed by atoms with Crippen molar-refractivity contribution in [1.82, 2.24) is 19.9 Å². The van der Waals surface area contributed by atoms with E-state index in [9.17, 15) is 5.11 Å². The molecule has 2 aromatic rings. The van der Waals surface area contributed by atoms with E-state index < -0.39 is 6.10 Å². The summed E-state index contributed by atoms with van der Waals surface area (Å²) in [6, 6.07) is 4.22. The van der Waals surface area contributed by atoms with E-state index in [1.54, 1.807) is 12.4 Å². The molecule has 1 aliphatic rings. The number of anilines is 3. The van der Waals surface area contributed by atoms with Crippen LogP contribution >= 0.6 is 0 Å². The predicted molar refractivity (Wildman–Crippen MR) is 98.9 cm³/mol.